The Kier molecular flexibility index (Phi) is 7.50. The Labute approximate surface area is 236 Å². The number of piperidine rings is 1. The van der Waals surface area contributed by atoms with E-state index in [1.807, 2.05) is 0 Å². The number of rotatable bonds is 5. The molecule has 0 unspecified atom stereocenters. The molecule has 3 aliphatic rings. The van der Waals surface area contributed by atoms with Crippen molar-refractivity contribution in [1.82, 2.24) is 9.80 Å². The lowest BCUT2D eigenvalue weighted by atomic mass is 9.73. The van der Waals surface area contributed by atoms with Crippen molar-refractivity contribution in [3.63, 3.8) is 0 Å². The number of benzene rings is 2. The minimum atomic E-state index is -4.81. The van der Waals surface area contributed by atoms with Crippen molar-refractivity contribution in [3.8, 4) is 11.8 Å². The van der Waals surface area contributed by atoms with Crippen molar-refractivity contribution in [2.75, 3.05) is 62.8 Å². The maximum Gasteiger partial charge on any atom is 0.417 e. The van der Waals surface area contributed by atoms with Crippen molar-refractivity contribution < 1.29 is 35.9 Å². The van der Waals surface area contributed by atoms with Crippen LogP contribution in [0.2, 0.25) is 0 Å². The van der Waals surface area contributed by atoms with E-state index in [9.17, 15) is 36.4 Å². The number of hydrogen-bond acceptors (Lipinski definition) is 7. The molecule has 2 aromatic rings. The first kappa shape index (κ1) is 28.9. The molecule has 41 heavy (non-hydrogen) atoms. The summed E-state index contributed by atoms with van der Waals surface area (Å²) in [5.41, 5.74) is -0.212. The van der Waals surface area contributed by atoms with Crippen molar-refractivity contribution in [2.45, 2.75) is 24.4 Å². The molecule has 5 rings (SSSR count). The number of carbonyl (C=O) groups excluding carboxylic acids is 2. The third-order valence-electron chi connectivity index (χ3n) is 8.26. The fourth-order valence-electron chi connectivity index (χ4n) is 5.88. The van der Waals surface area contributed by atoms with Crippen molar-refractivity contribution in [2.24, 2.45) is 0 Å². The summed E-state index contributed by atoms with van der Waals surface area (Å²) in [6, 6.07) is 10.6. The van der Waals surface area contributed by atoms with Gasteiger partial charge in [-0.2, -0.15) is 18.4 Å². The molecule has 2 saturated heterocycles. The molecule has 3 aliphatic heterocycles. The van der Waals surface area contributed by atoms with Gasteiger partial charge in [-0.05, 0) is 67.9 Å². The lowest BCUT2D eigenvalue weighted by Crippen LogP contribution is -2.48. The normalized spacial score (nSPS) is 20.1. The number of carbonyl (C=O) groups is 2. The number of hydrogen-bond donors (Lipinski definition) is 0. The van der Waals surface area contributed by atoms with E-state index in [4.69, 9.17) is 4.74 Å². The molecule has 2 aromatic carbocycles. The average Bonchev–Trinajstić information content (AvgIpc) is 3.14. The fourth-order valence-corrected chi connectivity index (χ4v) is 7.08. The molecule has 218 valence electrons. The molecule has 0 aliphatic carbocycles. The summed E-state index contributed by atoms with van der Waals surface area (Å²) in [5, 5.41) is 9.33. The quantitative estimate of drug-likeness (QED) is 0.527. The summed E-state index contributed by atoms with van der Waals surface area (Å²) in [6.45, 7) is 1.37. The van der Waals surface area contributed by atoms with Gasteiger partial charge in [0.2, 0.25) is 5.91 Å². The summed E-state index contributed by atoms with van der Waals surface area (Å²) >= 11 is 0. The van der Waals surface area contributed by atoms with Crippen LogP contribution in [0.4, 0.5) is 18.9 Å². The van der Waals surface area contributed by atoms with E-state index in [0.717, 1.165) is 28.3 Å². The van der Waals surface area contributed by atoms with E-state index in [2.05, 4.69) is 11.0 Å². The van der Waals surface area contributed by atoms with Crippen molar-refractivity contribution in [3.05, 3.63) is 58.7 Å². The van der Waals surface area contributed by atoms with Crippen LogP contribution >= 0.6 is 0 Å². The zero-order valence-corrected chi connectivity index (χ0v) is 23.2. The van der Waals surface area contributed by atoms with Crippen LogP contribution in [0.25, 0.3) is 0 Å². The molecule has 0 bridgehead atoms. The van der Waals surface area contributed by atoms with Crippen LogP contribution in [0.15, 0.2) is 36.4 Å². The van der Waals surface area contributed by atoms with Gasteiger partial charge in [-0.1, -0.05) is 0 Å². The fraction of sp³-hybridized carbons (Fsp3) is 0.464. The molecular formula is C28H29F3N4O5S. The highest BCUT2D eigenvalue weighted by molar-refractivity contribution is 7.91. The zero-order valence-electron chi connectivity index (χ0n) is 22.4. The Hall–Kier alpha value is -3.63. The van der Waals surface area contributed by atoms with Gasteiger partial charge in [0, 0.05) is 32.4 Å². The predicted molar refractivity (Wildman–Crippen MR) is 143 cm³/mol. The summed E-state index contributed by atoms with van der Waals surface area (Å²) in [6.07, 6.45) is -3.72. The monoisotopic (exact) mass is 590 g/mol. The average molecular weight is 591 g/mol. The van der Waals surface area contributed by atoms with Gasteiger partial charge in [0.15, 0.2) is 9.84 Å². The third-order valence-corrected chi connectivity index (χ3v) is 9.87. The van der Waals surface area contributed by atoms with Crippen molar-refractivity contribution in [1.29, 1.82) is 5.26 Å². The van der Waals surface area contributed by atoms with E-state index in [0.29, 0.717) is 38.0 Å². The van der Waals surface area contributed by atoms with E-state index in [1.165, 1.54) is 6.07 Å². The van der Waals surface area contributed by atoms with E-state index >= 15 is 0 Å². The summed E-state index contributed by atoms with van der Waals surface area (Å²) in [7, 11) is -1.57. The Bertz CT molecular complexity index is 1510. The number of nitriles is 1. The molecule has 2 fully saturated rings. The van der Waals surface area contributed by atoms with Crippen LogP contribution in [0.1, 0.15) is 39.9 Å². The zero-order chi connectivity index (χ0) is 29.6. The SMILES string of the molecule is CN1C(=O)C2(CCN(CCOc3ccc(C(=O)N4CCS(=O)(=O)CC4)c(C(F)(F)F)c3)CC2)c2cc(C#N)ccc21. The summed E-state index contributed by atoms with van der Waals surface area (Å²) < 4.78 is 70.5. The van der Waals surface area contributed by atoms with Gasteiger partial charge in [0.1, 0.15) is 12.4 Å². The number of sulfone groups is 1. The molecular weight excluding hydrogens is 561 g/mol. The van der Waals surface area contributed by atoms with Crippen molar-refractivity contribution >= 4 is 27.3 Å². The first-order valence-electron chi connectivity index (χ1n) is 13.2. The number of likely N-dealkylation sites (N-methyl/N-ethyl adjacent to an activating group) is 1. The number of alkyl halides is 3. The van der Waals surface area contributed by atoms with Gasteiger partial charge < -0.3 is 14.5 Å². The topological polar surface area (TPSA) is 111 Å². The van der Waals surface area contributed by atoms with Crippen LogP contribution in [0.5, 0.6) is 5.75 Å². The second kappa shape index (κ2) is 10.6. The molecule has 0 N–H and O–H groups in total. The molecule has 3 heterocycles. The molecule has 0 saturated carbocycles. The lowest BCUT2D eigenvalue weighted by molar-refractivity contribution is -0.138. The number of likely N-dealkylation sites (tertiary alicyclic amines) is 1. The third kappa shape index (κ3) is 5.50. The second-order valence-corrected chi connectivity index (χ2v) is 12.9. The van der Waals surface area contributed by atoms with Gasteiger partial charge in [0.25, 0.3) is 5.91 Å². The summed E-state index contributed by atoms with van der Waals surface area (Å²) in [4.78, 5) is 30.9. The number of amides is 2. The van der Waals surface area contributed by atoms with E-state index in [-0.39, 0.29) is 42.9 Å². The molecule has 1 spiro atoms. The Morgan fingerprint density at radius 2 is 1.76 bits per heavy atom. The van der Waals surface area contributed by atoms with Gasteiger partial charge >= 0.3 is 6.18 Å². The van der Waals surface area contributed by atoms with Gasteiger partial charge in [-0.3, -0.25) is 14.5 Å². The van der Waals surface area contributed by atoms with Crippen LogP contribution in [0, 0.1) is 11.3 Å². The van der Waals surface area contributed by atoms with Gasteiger partial charge in [0.05, 0.1) is 39.7 Å². The van der Waals surface area contributed by atoms with Gasteiger partial charge in [-0.15, -0.1) is 0 Å². The highest BCUT2D eigenvalue weighted by atomic mass is 32.2. The maximum atomic E-state index is 13.9. The smallest absolute Gasteiger partial charge is 0.417 e. The minimum Gasteiger partial charge on any atom is -0.492 e. The van der Waals surface area contributed by atoms with Crippen LogP contribution in [-0.2, 0) is 26.2 Å². The molecule has 0 radical (unpaired) electrons. The number of anilines is 1. The minimum absolute atomic E-state index is 0.000940. The number of fused-ring (bicyclic) bond motifs is 2. The summed E-state index contributed by atoms with van der Waals surface area (Å²) in [5.74, 6) is -1.46. The Morgan fingerprint density at radius 1 is 1.07 bits per heavy atom. The first-order valence-corrected chi connectivity index (χ1v) is 15.1. The highest BCUT2D eigenvalue weighted by Crippen LogP contribution is 2.47. The standard InChI is InChI=1S/C28H29F3N4O5S/c1-33-24-5-2-19(18-32)16-23(24)27(26(33)37)6-8-34(9-7-27)10-13-40-20-3-4-21(22(17-20)28(29,30)31)25(36)35-11-14-41(38,39)15-12-35/h2-5,16-17H,6-15H2,1H3. The lowest BCUT2D eigenvalue weighted by Gasteiger charge is -2.38. The molecule has 9 nitrogen and oxygen atoms in total. The highest BCUT2D eigenvalue weighted by Gasteiger charge is 2.51. The number of ether oxygens (including phenoxy) is 1. The number of halogens is 3. The van der Waals surface area contributed by atoms with E-state index in [1.54, 1.807) is 30.1 Å². The van der Waals surface area contributed by atoms with Crippen LogP contribution in [0.3, 0.4) is 0 Å². The Balaban J connectivity index is 1.21. The van der Waals surface area contributed by atoms with Crippen LogP contribution < -0.4 is 9.64 Å². The van der Waals surface area contributed by atoms with Crippen LogP contribution in [-0.4, -0.2) is 87.9 Å². The largest absolute Gasteiger partial charge is 0.492 e. The second-order valence-electron chi connectivity index (χ2n) is 10.6. The maximum absolute atomic E-state index is 13.9. The Morgan fingerprint density at radius 3 is 2.39 bits per heavy atom. The first-order chi connectivity index (χ1) is 19.3. The van der Waals surface area contributed by atoms with E-state index < -0.39 is 38.5 Å². The molecule has 0 aromatic heterocycles. The molecule has 0 atom stereocenters. The number of nitrogens with zero attached hydrogens (tertiary/aromatic N) is 4. The predicted octanol–water partition coefficient (Wildman–Crippen LogP) is 2.84. The van der Waals surface area contributed by atoms with Gasteiger partial charge in [-0.25, -0.2) is 8.42 Å². The molecule has 2 amide bonds. The molecule has 13 heteroatoms.